The lowest BCUT2D eigenvalue weighted by Crippen LogP contribution is -2.39. The predicted octanol–water partition coefficient (Wildman–Crippen LogP) is 4.02. The van der Waals surface area contributed by atoms with Gasteiger partial charge in [-0.3, -0.25) is 0 Å². The van der Waals surface area contributed by atoms with E-state index in [1.807, 2.05) is 0 Å². The number of carbonyl (C=O) groups is 1. The summed E-state index contributed by atoms with van der Waals surface area (Å²) in [5.41, 5.74) is 1.19. The van der Waals surface area contributed by atoms with E-state index in [1.54, 1.807) is 0 Å². The van der Waals surface area contributed by atoms with E-state index < -0.39 is 0 Å². The number of rotatable bonds is 6. The number of hydrogen-bond donors (Lipinski definition) is 0. The molecule has 0 amide bonds. The predicted molar refractivity (Wildman–Crippen MR) is 85.5 cm³/mol. The molecule has 4 nitrogen and oxygen atoms in total. The molecule has 22 heavy (non-hydrogen) atoms. The molecule has 0 N–H and O–H groups in total. The van der Waals surface area contributed by atoms with Crippen molar-refractivity contribution in [2.24, 2.45) is 11.8 Å². The van der Waals surface area contributed by atoms with Crippen molar-refractivity contribution in [3.63, 3.8) is 0 Å². The minimum Gasteiger partial charge on any atom is -0.459 e. The normalized spacial score (nSPS) is 33.0. The van der Waals surface area contributed by atoms with E-state index in [0.29, 0.717) is 11.8 Å². The van der Waals surface area contributed by atoms with Gasteiger partial charge in [0.05, 0.1) is 13.2 Å². The average molecular weight is 331 g/mol. The Kier molecular flexibility index (Phi) is 7.70. The van der Waals surface area contributed by atoms with Crippen LogP contribution in [0.3, 0.4) is 0 Å². The number of esters is 1. The summed E-state index contributed by atoms with van der Waals surface area (Å²) in [4.78, 5) is 11.4. The summed E-state index contributed by atoms with van der Waals surface area (Å²) in [7, 11) is 0. The largest absolute Gasteiger partial charge is 0.459 e. The van der Waals surface area contributed by atoms with Gasteiger partial charge in [-0.2, -0.15) is 0 Å². The Bertz CT molecular complexity index is 356. The average Bonchev–Trinajstić information content (AvgIpc) is 2.54. The lowest BCUT2D eigenvalue weighted by Gasteiger charge is -2.37. The van der Waals surface area contributed by atoms with Crippen LogP contribution >= 0.6 is 11.6 Å². The molecule has 1 aliphatic heterocycles. The van der Waals surface area contributed by atoms with Crippen molar-refractivity contribution in [3.8, 4) is 0 Å². The Balaban J connectivity index is 1.66. The zero-order chi connectivity index (χ0) is 15.8. The van der Waals surface area contributed by atoms with Gasteiger partial charge in [0.2, 0.25) is 0 Å². The first-order valence-electron chi connectivity index (χ1n) is 8.43. The van der Waals surface area contributed by atoms with Crippen LogP contribution in [0.15, 0.2) is 11.6 Å². The molecule has 126 valence electrons. The maximum absolute atomic E-state index is 11.4. The first-order valence-corrected chi connectivity index (χ1v) is 8.87. The Morgan fingerprint density at radius 3 is 2.50 bits per heavy atom. The number of unbranched alkanes of at least 4 members (excludes halogenated alkanes) is 1. The second-order valence-electron chi connectivity index (χ2n) is 6.31. The lowest BCUT2D eigenvalue weighted by molar-refractivity contribution is -0.231. The summed E-state index contributed by atoms with van der Waals surface area (Å²) in [5.74, 6) is 0.615. The van der Waals surface area contributed by atoms with Crippen LogP contribution in [-0.4, -0.2) is 31.6 Å². The maximum Gasteiger partial charge on any atom is 0.331 e. The van der Waals surface area contributed by atoms with Gasteiger partial charge in [-0.15, -0.1) is 0 Å². The van der Waals surface area contributed by atoms with Gasteiger partial charge in [0, 0.05) is 23.4 Å². The van der Waals surface area contributed by atoms with Crippen LogP contribution in [0.5, 0.6) is 0 Å². The van der Waals surface area contributed by atoms with Crippen molar-refractivity contribution in [2.75, 3.05) is 13.2 Å². The Hall–Kier alpha value is -0.580. The van der Waals surface area contributed by atoms with Crippen LogP contribution in [0.25, 0.3) is 0 Å². The molecule has 2 fully saturated rings. The minimum absolute atomic E-state index is 0.00231. The van der Waals surface area contributed by atoms with E-state index in [2.05, 4.69) is 6.92 Å². The monoisotopic (exact) mass is 330 g/mol. The summed E-state index contributed by atoms with van der Waals surface area (Å²) in [6, 6.07) is 0. The fourth-order valence-electron chi connectivity index (χ4n) is 3.22. The van der Waals surface area contributed by atoms with Gasteiger partial charge in [-0.25, -0.2) is 4.79 Å². The van der Waals surface area contributed by atoms with E-state index in [4.69, 9.17) is 25.8 Å². The number of halogens is 1. The third kappa shape index (κ3) is 5.56. The van der Waals surface area contributed by atoms with Crippen LogP contribution < -0.4 is 0 Å². The highest BCUT2D eigenvalue weighted by molar-refractivity contribution is 6.26. The smallest absolute Gasteiger partial charge is 0.331 e. The molecule has 0 bridgehead atoms. The van der Waals surface area contributed by atoms with E-state index in [9.17, 15) is 4.79 Å². The zero-order valence-corrected chi connectivity index (χ0v) is 14.1. The number of ether oxygens (including phenoxy) is 3. The summed E-state index contributed by atoms with van der Waals surface area (Å²) in [5, 5.41) is 0. The van der Waals surface area contributed by atoms with Crippen molar-refractivity contribution in [3.05, 3.63) is 11.6 Å². The molecule has 0 spiro atoms. The van der Waals surface area contributed by atoms with Crippen LogP contribution in [-0.2, 0) is 19.0 Å². The summed E-state index contributed by atoms with van der Waals surface area (Å²) >= 11 is 5.37. The molecule has 1 saturated heterocycles. The molecular weight excluding hydrogens is 304 g/mol. The first kappa shape index (κ1) is 17.8. The molecule has 1 heterocycles. The van der Waals surface area contributed by atoms with E-state index in [1.165, 1.54) is 30.9 Å². The second kappa shape index (κ2) is 9.53. The summed E-state index contributed by atoms with van der Waals surface area (Å²) < 4.78 is 17.2. The van der Waals surface area contributed by atoms with Gasteiger partial charge in [0.25, 0.3) is 0 Å². The topological polar surface area (TPSA) is 44.8 Å². The van der Waals surface area contributed by atoms with Gasteiger partial charge in [0.15, 0.2) is 6.29 Å². The van der Waals surface area contributed by atoms with E-state index in [-0.39, 0.29) is 18.4 Å². The fourth-order valence-corrected chi connectivity index (χ4v) is 3.33. The van der Waals surface area contributed by atoms with Gasteiger partial charge >= 0.3 is 5.97 Å². The SMILES string of the molecule is CCCCC1COC(C2CCC(OC(=O)/C=C/Cl)CC2)OC1. The molecule has 5 heteroatoms. The Morgan fingerprint density at radius 2 is 1.91 bits per heavy atom. The van der Waals surface area contributed by atoms with Gasteiger partial charge in [0.1, 0.15) is 6.10 Å². The second-order valence-corrected chi connectivity index (χ2v) is 6.56. The van der Waals surface area contributed by atoms with Crippen LogP contribution in [0.1, 0.15) is 51.9 Å². The lowest BCUT2D eigenvalue weighted by atomic mass is 9.86. The highest BCUT2D eigenvalue weighted by Gasteiger charge is 2.33. The van der Waals surface area contributed by atoms with Crippen molar-refractivity contribution < 1.29 is 19.0 Å². The molecule has 0 radical (unpaired) electrons. The highest BCUT2D eigenvalue weighted by atomic mass is 35.5. The Labute approximate surface area is 138 Å². The van der Waals surface area contributed by atoms with Crippen molar-refractivity contribution >= 4 is 17.6 Å². The van der Waals surface area contributed by atoms with Crippen LogP contribution in [0, 0.1) is 11.8 Å². The summed E-state index contributed by atoms with van der Waals surface area (Å²) in [6.07, 6.45) is 8.53. The molecule has 0 aromatic rings. The maximum atomic E-state index is 11.4. The molecule has 2 aliphatic rings. The molecule has 0 aromatic heterocycles. The molecular formula is C17H27ClO4. The van der Waals surface area contributed by atoms with Crippen molar-refractivity contribution in [2.45, 2.75) is 64.3 Å². The Morgan fingerprint density at radius 1 is 1.23 bits per heavy atom. The van der Waals surface area contributed by atoms with E-state index in [0.717, 1.165) is 38.9 Å². The summed E-state index contributed by atoms with van der Waals surface area (Å²) in [6.45, 7) is 3.85. The molecule has 0 atom stereocenters. The molecule has 0 unspecified atom stereocenters. The third-order valence-electron chi connectivity index (χ3n) is 4.54. The van der Waals surface area contributed by atoms with Crippen LogP contribution in [0.4, 0.5) is 0 Å². The van der Waals surface area contributed by atoms with Gasteiger partial charge in [-0.1, -0.05) is 31.4 Å². The zero-order valence-electron chi connectivity index (χ0n) is 13.3. The quantitative estimate of drug-likeness (QED) is 0.545. The minimum atomic E-state index is -0.359. The van der Waals surface area contributed by atoms with Crippen molar-refractivity contribution in [1.82, 2.24) is 0 Å². The van der Waals surface area contributed by atoms with Crippen molar-refractivity contribution in [1.29, 1.82) is 0 Å². The first-order chi connectivity index (χ1) is 10.7. The third-order valence-corrected chi connectivity index (χ3v) is 4.67. The van der Waals surface area contributed by atoms with Gasteiger partial charge < -0.3 is 14.2 Å². The van der Waals surface area contributed by atoms with Crippen LogP contribution in [0.2, 0.25) is 0 Å². The molecule has 2 rings (SSSR count). The van der Waals surface area contributed by atoms with Gasteiger partial charge in [-0.05, 0) is 32.1 Å². The highest BCUT2D eigenvalue weighted by Crippen LogP contribution is 2.32. The number of carbonyl (C=O) groups excluding carboxylic acids is 1. The fraction of sp³-hybridized carbons (Fsp3) is 0.824. The van der Waals surface area contributed by atoms with E-state index >= 15 is 0 Å². The molecule has 1 saturated carbocycles. The number of hydrogen-bond acceptors (Lipinski definition) is 4. The molecule has 0 aromatic carbocycles. The standard InChI is InChI=1S/C17H27ClO4/c1-2-3-4-13-11-20-17(21-12-13)14-5-7-15(8-6-14)22-16(19)9-10-18/h9-10,13-15,17H,2-8,11-12H2,1H3/b10-9+. The molecule has 1 aliphatic carbocycles.